The van der Waals surface area contributed by atoms with E-state index in [1.54, 1.807) is 7.11 Å². The van der Waals surface area contributed by atoms with Crippen LogP contribution in [0.3, 0.4) is 0 Å². The molecule has 0 radical (unpaired) electrons. The zero-order valence-corrected chi connectivity index (χ0v) is 5.13. The number of rotatable bonds is 1. The summed E-state index contributed by atoms with van der Waals surface area (Å²) in [4.78, 5) is 0. The van der Waals surface area contributed by atoms with Crippen LogP contribution in [-0.4, -0.2) is 24.4 Å². The van der Waals surface area contributed by atoms with Crippen molar-refractivity contribution in [2.75, 3.05) is 7.11 Å². The Hall–Kier alpha value is -0.0800. The predicted molar refractivity (Wildman–Crippen MR) is 30.7 cm³/mol. The molecule has 0 aliphatic heterocycles. The number of methoxy groups -OCH3 is 1. The molecule has 0 aromatic rings. The van der Waals surface area contributed by atoms with Crippen LogP contribution >= 0.6 is 0 Å². The van der Waals surface area contributed by atoms with Gasteiger partial charge in [0.05, 0.1) is 12.2 Å². The van der Waals surface area contributed by atoms with E-state index in [2.05, 4.69) is 0 Å². The van der Waals surface area contributed by atoms with Crippen LogP contribution in [0.2, 0.25) is 0 Å². The monoisotopic (exact) mass is 116 g/mol. The lowest BCUT2D eigenvalue weighted by Gasteiger charge is -2.10. The van der Waals surface area contributed by atoms with Crippen LogP contribution in [0.25, 0.3) is 0 Å². The summed E-state index contributed by atoms with van der Waals surface area (Å²) in [6.07, 6.45) is 2.98. The first-order valence-electron chi connectivity index (χ1n) is 3.05. The van der Waals surface area contributed by atoms with Gasteiger partial charge in [0.15, 0.2) is 0 Å². The lowest BCUT2D eigenvalue weighted by molar-refractivity contribution is 0.00983. The first kappa shape index (κ1) is 6.05. The molecule has 1 rings (SSSR count). The second kappa shape index (κ2) is 2.46. The third kappa shape index (κ3) is 1.01. The highest BCUT2D eigenvalue weighted by molar-refractivity contribution is 4.76. The molecule has 0 heterocycles. The van der Waals surface area contributed by atoms with Gasteiger partial charge in [-0.3, -0.25) is 0 Å². The van der Waals surface area contributed by atoms with Gasteiger partial charge in [-0.2, -0.15) is 0 Å². The normalized spacial score (nSPS) is 38.2. The Balaban J connectivity index is 2.30. The van der Waals surface area contributed by atoms with Crippen LogP contribution in [0.15, 0.2) is 0 Å². The van der Waals surface area contributed by atoms with Gasteiger partial charge in [0, 0.05) is 7.11 Å². The Morgan fingerprint density at radius 2 is 2.25 bits per heavy atom. The minimum atomic E-state index is -0.194. The van der Waals surface area contributed by atoms with Crippen LogP contribution in [0.5, 0.6) is 0 Å². The summed E-state index contributed by atoms with van der Waals surface area (Å²) in [6, 6.07) is 0. The summed E-state index contributed by atoms with van der Waals surface area (Å²) >= 11 is 0. The van der Waals surface area contributed by atoms with Crippen LogP contribution in [-0.2, 0) is 4.74 Å². The highest BCUT2D eigenvalue weighted by Crippen LogP contribution is 2.20. The van der Waals surface area contributed by atoms with Crippen LogP contribution in [0.1, 0.15) is 19.3 Å². The van der Waals surface area contributed by atoms with E-state index in [1.807, 2.05) is 0 Å². The summed E-state index contributed by atoms with van der Waals surface area (Å²) in [5.74, 6) is 0. The molecule has 1 aliphatic carbocycles. The highest BCUT2D eigenvalue weighted by Gasteiger charge is 2.23. The molecule has 0 aromatic heterocycles. The van der Waals surface area contributed by atoms with Gasteiger partial charge in [-0.15, -0.1) is 0 Å². The van der Waals surface area contributed by atoms with E-state index in [-0.39, 0.29) is 12.2 Å². The molecule has 0 amide bonds. The van der Waals surface area contributed by atoms with Crippen LogP contribution < -0.4 is 0 Å². The quantitative estimate of drug-likeness (QED) is 0.542. The Morgan fingerprint density at radius 3 is 2.50 bits per heavy atom. The Bertz CT molecular complexity index is 72.9. The summed E-state index contributed by atoms with van der Waals surface area (Å²) < 4.78 is 4.97. The second-order valence-electron chi connectivity index (χ2n) is 2.27. The molecule has 1 aliphatic rings. The molecule has 0 saturated heterocycles. The van der Waals surface area contributed by atoms with E-state index in [4.69, 9.17) is 9.84 Å². The van der Waals surface area contributed by atoms with Gasteiger partial charge in [0.2, 0.25) is 0 Å². The van der Waals surface area contributed by atoms with E-state index >= 15 is 0 Å². The molecule has 1 fully saturated rings. The molecule has 0 aromatic carbocycles. The molecular formula is C6H12O2. The fourth-order valence-corrected chi connectivity index (χ4v) is 1.18. The van der Waals surface area contributed by atoms with E-state index in [0.717, 1.165) is 19.3 Å². The summed E-state index contributed by atoms with van der Waals surface area (Å²) in [5, 5.41) is 9.06. The smallest absolute Gasteiger partial charge is 0.0830 e. The van der Waals surface area contributed by atoms with Crippen LogP contribution in [0.4, 0.5) is 0 Å². The molecular weight excluding hydrogens is 104 g/mol. The lowest BCUT2D eigenvalue weighted by atomic mass is 10.3. The van der Waals surface area contributed by atoms with E-state index < -0.39 is 0 Å². The third-order valence-corrected chi connectivity index (χ3v) is 1.72. The SMILES string of the molecule is CO[C@H]1CCC[C@@H]1O. The van der Waals surface area contributed by atoms with Gasteiger partial charge in [-0.1, -0.05) is 0 Å². The van der Waals surface area contributed by atoms with E-state index in [1.165, 1.54) is 0 Å². The standard InChI is InChI=1S/C6H12O2/c1-8-6-4-2-3-5(6)7/h5-7H,2-4H2,1H3/t5-,6-/m0/s1. The lowest BCUT2D eigenvalue weighted by Crippen LogP contribution is -2.20. The molecule has 2 nitrogen and oxygen atoms in total. The topological polar surface area (TPSA) is 29.5 Å². The third-order valence-electron chi connectivity index (χ3n) is 1.72. The van der Waals surface area contributed by atoms with E-state index in [9.17, 15) is 0 Å². The first-order chi connectivity index (χ1) is 3.84. The molecule has 2 heteroatoms. The Kier molecular flexibility index (Phi) is 1.86. The summed E-state index contributed by atoms with van der Waals surface area (Å²) in [6.45, 7) is 0. The second-order valence-corrected chi connectivity index (χ2v) is 2.27. The Labute approximate surface area is 49.5 Å². The van der Waals surface area contributed by atoms with Gasteiger partial charge in [0.25, 0.3) is 0 Å². The van der Waals surface area contributed by atoms with Gasteiger partial charge in [-0.25, -0.2) is 0 Å². The number of aliphatic hydroxyl groups is 1. The molecule has 1 N–H and O–H groups in total. The van der Waals surface area contributed by atoms with Crippen LogP contribution in [0, 0.1) is 0 Å². The van der Waals surface area contributed by atoms with Crippen molar-refractivity contribution in [2.24, 2.45) is 0 Å². The fourth-order valence-electron chi connectivity index (χ4n) is 1.18. The van der Waals surface area contributed by atoms with Crippen molar-refractivity contribution < 1.29 is 9.84 Å². The highest BCUT2D eigenvalue weighted by atomic mass is 16.5. The van der Waals surface area contributed by atoms with E-state index in [0.29, 0.717) is 0 Å². The molecule has 0 bridgehead atoms. The molecule has 2 atom stereocenters. The van der Waals surface area contributed by atoms with Crippen molar-refractivity contribution in [2.45, 2.75) is 31.5 Å². The average Bonchev–Trinajstić information content (AvgIpc) is 2.14. The maximum absolute atomic E-state index is 9.06. The molecule has 1 saturated carbocycles. The van der Waals surface area contributed by atoms with Gasteiger partial charge in [0.1, 0.15) is 0 Å². The molecule has 0 unspecified atom stereocenters. The number of hydrogen-bond donors (Lipinski definition) is 1. The minimum Gasteiger partial charge on any atom is -0.390 e. The van der Waals surface area contributed by atoms with Crippen molar-refractivity contribution in [1.29, 1.82) is 0 Å². The van der Waals surface area contributed by atoms with Gasteiger partial charge < -0.3 is 9.84 Å². The summed E-state index contributed by atoms with van der Waals surface area (Å²) in [5.41, 5.74) is 0. The largest absolute Gasteiger partial charge is 0.390 e. The number of aliphatic hydroxyl groups excluding tert-OH is 1. The van der Waals surface area contributed by atoms with Crippen molar-refractivity contribution in [3.05, 3.63) is 0 Å². The molecule has 8 heavy (non-hydrogen) atoms. The molecule has 48 valence electrons. The van der Waals surface area contributed by atoms with Crippen molar-refractivity contribution >= 4 is 0 Å². The van der Waals surface area contributed by atoms with Crippen molar-refractivity contribution in [1.82, 2.24) is 0 Å². The maximum atomic E-state index is 9.06. The summed E-state index contributed by atoms with van der Waals surface area (Å²) in [7, 11) is 1.65. The fraction of sp³-hybridized carbons (Fsp3) is 1.00. The zero-order valence-electron chi connectivity index (χ0n) is 5.13. The first-order valence-corrected chi connectivity index (χ1v) is 3.05. The van der Waals surface area contributed by atoms with Crippen molar-refractivity contribution in [3.63, 3.8) is 0 Å². The predicted octanol–water partition coefficient (Wildman–Crippen LogP) is 0.546. The number of hydrogen-bond acceptors (Lipinski definition) is 2. The van der Waals surface area contributed by atoms with Gasteiger partial charge >= 0.3 is 0 Å². The average molecular weight is 116 g/mol. The minimum absolute atomic E-state index is 0.120. The Morgan fingerprint density at radius 1 is 1.50 bits per heavy atom. The number of ether oxygens (including phenoxy) is 1. The zero-order chi connectivity index (χ0) is 5.98. The maximum Gasteiger partial charge on any atom is 0.0830 e. The van der Waals surface area contributed by atoms with Gasteiger partial charge in [-0.05, 0) is 19.3 Å². The molecule has 0 spiro atoms. The van der Waals surface area contributed by atoms with Crippen molar-refractivity contribution in [3.8, 4) is 0 Å².